The molecule has 0 unspecified atom stereocenters. The number of halogens is 2. The molecular formula is C12H11Cl2NO3S2. The average molecular weight is 352 g/mol. The molecule has 108 valence electrons. The Morgan fingerprint density at radius 1 is 1.30 bits per heavy atom. The molecule has 0 atom stereocenters. The molecule has 2 N–H and O–H groups in total. The van der Waals surface area contributed by atoms with Crippen molar-refractivity contribution in [2.45, 2.75) is 18.0 Å². The van der Waals surface area contributed by atoms with Gasteiger partial charge in [0.15, 0.2) is 0 Å². The highest BCUT2D eigenvalue weighted by Gasteiger charge is 2.21. The predicted molar refractivity (Wildman–Crippen MR) is 80.7 cm³/mol. The van der Waals surface area contributed by atoms with Gasteiger partial charge in [-0.15, -0.1) is 11.3 Å². The average Bonchev–Trinajstić information content (AvgIpc) is 2.92. The van der Waals surface area contributed by atoms with E-state index in [0.29, 0.717) is 0 Å². The summed E-state index contributed by atoms with van der Waals surface area (Å²) in [4.78, 5) is 0.751. The second kappa shape index (κ2) is 6.43. The van der Waals surface area contributed by atoms with Crippen LogP contribution in [0.25, 0.3) is 0 Å². The molecule has 0 radical (unpaired) electrons. The minimum Gasteiger partial charge on any atom is -0.392 e. The molecule has 1 heterocycles. The molecule has 1 aromatic carbocycles. The monoisotopic (exact) mass is 351 g/mol. The summed E-state index contributed by atoms with van der Waals surface area (Å²) in [5, 5.41) is 11.2. The quantitative estimate of drug-likeness (QED) is 0.869. The molecule has 2 rings (SSSR count). The summed E-state index contributed by atoms with van der Waals surface area (Å²) >= 11 is 13.3. The molecule has 0 amide bonds. The fourth-order valence-electron chi connectivity index (χ4n) is 1.59. The molecule has 0 spiro atoms. The third kappa shape index (κ3) is 3.52. The number of thiophene rings is 1. The van der Waals surface area contributed by atoms with Crippen molar-refractivity contribution in [1.29, 1.82) is 0 Å². The van der Waals surface area contributed by atoms with Crippen LogP contribution in [-0.2, 0) is 23.2 Å². The second-order valence-corrected chi connectivity index (χ2v) is 7.52. The largest absolute Gasteiger partial charge is 0.392 e. The Kier molecular flexibility index (Phi) is 5.06. The molecule has 0 aliphatic heterocycles. The molecule has 2 aromatic rings. The molecule has 0 aliphatic rings. The Hall–Kier alpha value is -0.630. The van der Waals surface area contributed by atoms with E-state index >= 15 is 0 Å². The lowest BCUT2D eigenvalue weighted by atomic mass is 10.2. The molecule has 4 nitrogen and oxygen atoms in total. The number of nitrogens with one attached hydrogen (secondary N) is 1. The van der Waals surface area contributed by atoms with E-state index in [1.165, 1.54) is 23.5 Å². The van der Waals surface area contributed by atoms with Crippen LogP contribution in [0.3, 0.4) is 0 Å². The number of hydrogen-bond acceptors (Lipinski definition) is 4. The number of rotatable bonds is 5. The lowest BCUT2D eigenvalue weighted by molar-refractivity contribution is 0.281. The molecule has 0 aliphatic carbocycles. The zero-order valence-electron chi connectivity index (χ0n) is 10.1. The van der Waals surface area contributed by atoms with Gasteiger partial charge in [0.05, 0.1) is 11.6 Å². The molecule has 0 bridgehead atoms. The van der Waals surface area contributed by atoms with Crippen molar-refractivity contribution in [1.82, 2.24) is 4.72 Å². The van der Waals surface area contributed by atoms with Crippen LogP contribution in [0.5, 0.6) is 0 Å². The first kappa shape index (κ1) is 15.8. The van der Waals surface area contributed by atoms with E-state index in [1.807, 2.05) is 17.5 Å². The minimum absolute atomic E-state index is 0.0180. The van der Waals surface area contributed by atoms with Crippen LogP contribution < -0.4 is 4.72 Å². The van der Waals surface area contributed by atoms with Gasteiger partial charge < -0.3 is 5.11 Å². The van der Waals surface area contributed by atoms with E-state index in [1.54, 1.807) is 0 Å². The zero-order chi connectivity index (χ0) is 14.8. The van der Waals surface area contributed by atoms with Crippen molar-refractivity contribution in [3.8, 4) is 0 Å². The van der Waals surface area contributed by atoms with E-state index < -0.39 is 10.0 Å². The maximum absolute atomic E-state index is 12.2. The van der Waals surface area contributed by atoms with Gasteiger partial charge in [0.1, 0.15) is 4.90 Å². The second-order valence-electron chi connectivity index (χ2n) is 3.94. The third-order valence-electron chi connectivity index (χ3n) is 2.56. The van der Waals surface area contributed by atoms with Gasteiger partial charge in [0.25, 0.3) is 0 Å². The Morgan fingerprint density at radius 2 is 2.05 bits per heavy atom. The highest BCUT2D eigenvalue weighted by molar-refractivity contribution is 7.89. The van der Waals surface area contributed by atoms with Crippen molar-refractivity contribution in [3.63, 3.8) is 0 Å². The summed E-state index contributed by atoms with van der Waals surface area (Å²) in [5.74, 6) is 0. The van der Waals surface area contributed by atoms with Crippen LogP contribution in [0.2, 0.25) is 10.0 Å². The van der Waals surface area contributed by atoms with Crippen LogP contribution >= 0.6 is 34.5 Å². The van der Waals surface area contributed by atoms with E-state index in [9.17, 15) is 8.42 Å². The molecule has 8 heteroatoms. The van der Waals surface area contributed by atoms with Crippen LogP contribution in [0, 0.1) is 0 Å². The van der Waals surface area contributed by atoms with Gasteiger partial charge in [-0.2, -0.15) is 0 Å². The van der Waals surface area contributed by atoms with Crippen LogP contribution in [0.1, 0.15) is 10.4 Å². The number of hydrogen-bond donors (Lipinski definition) is 2. The van der Waals surface area contributed by atoms with Gasteiger partial charge >= 0.3 is 0 Å². The van der Waals surface area contributed by atoms with E-state index in [0.717, 1.165) is 4.88 Å². The normalized spacial score (nSPS) is 11.8. The van der Waals surface area contributed by atoms with Gasteiger partial charge in [-0.1, -0.05) is 29.3 Å². The topological polar surface area (TPSA) is 66.4 Å². The molecular weight excluding hydrogens is 341 g/mol. The standard InChI is InChI=1S/C12H11Cl2NO3S2/c13-9-4-8(7-16)12(14)11(5-9)20(17,18)15-6-10-2-1-3-19-10/h1-5,15-16H,6-7H2. The fraction of sp³-hybridized carbons (Fsp3) is 0.167. The van der Waals surface area contributed by atoms with Gasteiger partial charge in [-0.25, -0.2) is 13.1 Å². The summed E-state index contributed by atoms with van der Waals surface area (Å²) < 4.78 is 26.9. The van der Waals surface area contributed by atoms with E-state index in [4.69, 9.17) is 28.3 Å². The number of sulfonamides is 1. The van der Waals surface area contributed by atoms with Crippen molar-refractivity contribution < 1.29 is 13.5 Å². The first-order chi connectivity index (χ1) is 9.44. The summed E-state index contributed by atoms with van der Waals surface area (Å²) in [7, 11) is -3.79. The lowest BCUT2D eigenvalue weighted by Crippen LogP contribution is -2.23. The van der Waals surface area contributed by atoms with Gasteiger partial charge in [0.2, 0.25) is 10.0 Å². The number of aliphatic hydroxyl groups is 1. The Balaban J connectivity index is 2.31. The Morgan fingerprint density at radius 3 is 2.65 bits per heavy atom. The van der Waals surface area contributed by atoms with Crippen molar-refractivity contribution >= 4 is 44.6 Å². The zero-order valence-corrected chi connectivity index (χ0v) is 13.3. The van der Waals surface area contributed by atoms with Crippen molar-refractivity contribution in [2.24, 2.45) is 0 Å². The fourth-order valence-corrected chi connectivity index (χ4v) is 4.25. The summed E-state index contributed by atoms with van der Waals surface area (Å²) in [6.45, 7) is -0.204. The molecule has 0 saturated heterocycles. The Bertz CT molecular complexity index is 700. The minimum atomic E-state index is -3.79. The lowest BCUT2D eigenvalue weighted by Gasteiger charge is -2.11. The van der Waals surface area contributed by atoms with Crippen LogP contribution in [-0.4, -0.2) is 13.5 Å². The highest BCUT2D eigenvalue weighted by atomic mass is 35.5. The van der Waals surface area contributed by atoms with Gasteiger partial charge in [0, 0.05) is 16.4 Å². The molecule has 1 aromatic heterocycles. The van der Waals surface area contributed by atoms with E-state index in [-0.39, 0.29) is 33.7 Å². The Labute approximate surface area is 131 Å². The first-order valence-corrected chi connectivity index (χ1v) is 8.67. The van der Waals surface area contributed by atoms with Crippen molar-refractivity contribution in [2.75, 3.05) is 0 Å². The SMILES string of the molecule is O=S(=O)(NCc1cccs1)c1cc(Cl)cc(CO)c1Cl. The van der Waals surface area contributed by atoms with Crippen LogP contribution in [0.15, 0.2) is 34.5 Å². The third-order valence-corrected chi connectivity index (χ3v) is 5.63. The maximum atomic E-state index is 12.2. The van der Waals surface area contributed by atoms with E-state index in [2.05, 4.69) is 4.72 Å². The first-order valence-electron chi connectivity index (χ1n) is 5.55. The summed E-state index contributed by atoms with van der Waals surface area (Å²) in [6.07, 6.45) is 0. The molecule has 20 heavy (non-hydrogen) atoms. The number of benzene rings is 1. The molecule has 0 saturated carbocycles. The summed E-state index contributed by atoms with van der Waals surface area (Å²) in [6, 6.07) is 6.36. The predicted octanol–water partition coefficient (Wildman–Crippen LogP) is 3.03. The number of aliphatic hydroxyl groups excluding tert-OH is 1. The highest BCUT2D eigenvalue weighted by Crippen LogP contribution is 2.29. The molecule has 0 fully saturated rings. The van der Waals surface area contributed by atoms with Gasteiger partial charge in [-0.05, 0) is 29.1 Å². The summed E-state index contributed by atoms with van der Waals surface area (Å²) in [5.41, 5.74) is 0.274. The maximum Gasteiger partial charge on any atom is 0.242 e. The smallest absolute Gasteiger partial charge is 0.242 e. The van der Waals surface area contributed by atoms with Gasteiger partial charge in [-0.3, -0.25) is 0 Å². The van der Waals surface area contributed by atoms with Crippen LogP contribution in [0.4, 0.5) is 0 Å². The van der Waals surface area contributed by atoms with Crippen molar-refractivity contribution in [3.05, 3.63) is 50.1 Å².